The second-order valence-electron chi connectivity index (χ2n) is 10.7. The highest BCUT2D eigenvalue weighted by Crippen LogP contribution is 2.41. The molecule has 2 atom stereocenters. The maximum absolute atomic E-state index is 14.0. The maximum Gasteiger partial charge on any atom is 0.303 e. The molecule has 9 heteroatoms. The standard InChI is InChI=1S/C31H33ClN2O6/c1-31(2,19-35)18-34-25-13-12-22(32)16-24(25)29(21-8-4-3-5-9-21)40-26(30(34)39)17-27(36)33-23-10-6-7-20(15-23)11-14-28(37)38/h3-10,12-13,15-16,26,29,35H,11,14,17-19H2,1-2H3,(H,33,36)(H,37,38)/t26-,29-/m1/s1. The molecule has 0 bridgehead atoms. The van der Waals surface area contributed by atoms with Gasteiger partial charge in [-0.2, -0.15) is 0 Å². The van der Waals surface area contributed by atoms with Crippen molar-refractivity contribution in [3.05, 3.63) is 94.5 Å². The molecule has 3 N–H and O–H groups in total. The number of ether oxygens (including phenoxy) is 1. The lowest BCUT2D eigenvalue weighted by atomic mass is 9.92. The van der Waals surface area contributed by atoms with Crippen molar-refractivity contribution in [1.82, 2.24) is 0 Å². The summed E-state index contributed by atoms with van der Waals surface area (Å²) in [5.41, 5.74) is 2.76. The first kappa shape index (κ1) is 29.3. The van der Waals surface area contributed by atoms with Gasteiger partial charge in [0, 0.05) is 46.9 Å². The van der Waals surface area contributed by atoms with Gasteiger partial charge in [0.25, 0.3) is 5.91 Å². The fourth-order valence-electron chi connectivity index (χ4n) is 4.67. The third kappa shape index (κ3) is 7.27. The topological polar surface area (TPSA) is 116 Å². The van der Waals surface area contributed by atoms with Gasteiger partial charge >= 0.3 is 5.97 Å². The molecule has 3 aromatic rings. The number of fused-ring (bicyclic) bond motifs is 1. The van der Waals surface area contributed by atoms with Crippen molar-refractivity contribution >= 4 is 40.8 Å². The number of halogens is 1. The molecule has 1 aliphatic heterocycles. The van der Waals surface area contributed by atoms with Gasteiger partial charge in [0.05, 0.1) is 6.42 Å². The molecule has 0 saturated heterocycles. The van der Waals surface area contributed by atoms with Gasteiger partial charge in [-0.1, -0.05) is 67.9 Å². The molecular formula is C31H33ClN2O6. The highest BCUT2D eigenvalue weighted by molar-refractivity contribution is 6.30. The number of carbonyl (C=O) groups excluding carboxylic acids is 2. The van der Waals surface area contributed by atoms with Crippen molar-refractivity contribution in [3.63, 3.8) is 0 Å². The number of aliphatic carboxylic acids is 1. The maximum atomic E-state index is 14.0. The van der Waals surface area contributed by atoms with Crippen LogP contribution in [-0.2, 0) is 25.5 Å². The van der Waals surface area contributed by atoms with E-state index < -0.39 is 35.4 Å². The summed E-state index contributed by atoms with van der Waals surface area (Å²) in [4.78, 5) is 39.7. The number of carbonyl (C=O) groups is 3. The summed E-state index contributed by atoms with van der Waals surface area (Å²) in [6.45, 7) is 3.77. The molecule has 0 saturated carbocycles. The molecular weight excluding hydrogens is 532 g/mol. The average Bonchev–Trinajstić information content (AvgIpc) is 3.03. The molecule has 4 rings (SSSR count). The number of aliphatic hydroxyl groups excluding tert-OH is 1. The number of rotatable bonds is 10. The average molecular weight is 565 g/mol. The first-order chi connectivity index (χ1) is 19.1. The SMILES string of the molecule is CC(C)(CO)CN1C(=O)[C@@H](CC(=O)Nc2cccc(CCC(=O)O)c2)O[C@H](c2ccccc2)c2cc(Cl)ccc21. The molecule has 2 amide bonds. The zero-order valence-electron chi connectivity index (χ0n) is 22.5. The quantitative estimate of drug-likeness (QED) is 0.311. The van der Waals surface area contributed by atoms with E-state index in [0.717, 1.165) is 11.1 Å². The molecule has 0 radical (unpaired) electrons. The fraction of sp³-hybridized carbons (Fsp3) is 0.323. The highest BCUT2D eigenvalue weighted by Gasteiger charge is 2.39. The third-order valence-electron chi connectivity index (χ3n) is 6.73. The lowest BCUT2D eigenvalue weighted by molar-refractivity contribution is -0.137. The number of nitrogens with one attached hydrogen (secondary N) is 1. The Labute approximate surface area is 238 Å². The monoisotopic (exact) mass is 564 g/mol. The van der Waals surface area contributed by atoms with Gasteiger partial charge in [-0.3, -0.25) is 14.4 Å². The van der Waals surface area contributed by atoms with Crippen molar-refractivity contribution in [2.24, 2.45) is 5.41 Å². The highest BCUT2D eigenvalue weighted by atomic mass is 35.5. The van der Waals surface area contributed by atoms with Crippen LogP contribution in [0.4, 0.5) is 11.4 Å². The first-order valence-corrected chi connectivity index (χ1v) is 13.5. The van der Waals surface area contributed by atoms with Gasteiger partial charge in [-0.25, -0.2) is 0 Å². The lowest BCUT2D eigenvalue weighted by Crippen LogP contribution is -2.46. The summed E-state index contributed by atoms with van der Waals surface area (Å²) in [6.07, 6.45) is -1.73. The molecule has 3 aromatic carbocycles. The second-order valence-corrected chi connectivity index (χ2v) is 11.1. The number of aryl methyl sites for hydroxylation is 1. The van der Waals surface area contributed by atoms with Crippen molar-refractivity contribution < 1.29 is 29.3 Å². The number of carboxylic acid groups (broad SMARTS) is 1. The molecule has 210 valence electrons. The second kappa shape index (κ2) is 12.6. The fourth-order valence-corrected chi connectivity index (χ4v) is 4.85. The summed E-state index contributed by atoms with van der Waals surface area (Å²) in [5.74, 6) is -1.72. The molecule has 0 aromatic heterocycles. The van der Waals surface area contributed by atoms with E-state index >= 15 is 0 Å². The van der Waals surface area contributed by atoms with E-state index in [0.29, 0.717) is 28.4 Å². The molecule has 0 unspecified atom stereocenters. The minimum absolute atomic E-state index is 0.0205. The largest absolute Gasteiger partial charge is 0.481 e. The van der Waals surface area contributed by atoms with Gasteiger partial charge in [-0.05, 0) is 47.9 Å². The Hall–Kier alpha value is -3.72. The van der Waals surface area contributed by atoms with Gasteiger partial charge in [-0.15, -0.1) is 0 Å². The number of amides is 2. The van der Waals surface area contributed by atoms with Gasteiger partial charge in [0.1, 0.15) is 12.2 Å². The van der Waals surface area contributed by atoms with Crippen molar-refractivity contribution in [2.75, 3.05) is 23.4 Å². The number of benzene rings is 3. The van der Waals surface area contributed by atoms with Gasteiger partial charge in [0.15, 0.2) is 0 Å². The number of hydrogen-bond acceptors (Lipinski definition) is 5. The van der Waals surface area contributed by atoms with Gasteiger partial charge in [0.2, 0.25) is 5.91 Å². The van der Waals surface area contributed by atoms with E-state index in [1.54, 1.807) is 47.4 Å². The van der Waals surface area contributed by atoms with Crippen LogP contribution in [0.5, 0.6) is 0 Å². The molecule has 0 aliphatic carbocycles. The molecule has 1 aliphatic rings. The molecule has 0 fully saturated rings. The zero-order valence-corrected chi connectivity index (χ0v) is 23.2. The number of nitrogens with zero attached hydrogens (tertiary/aromatic N) is 1. The van der Waals surface area contributed by atoms with Crippen LogP contribution in [0.25, 0.3) is 0 Å². The summed E-state index contributed by atoms with van der Waals surface area (Å²) < 4.78 is 6.43. The predicted molar refractivity (Wildman–Crippen MR) is 153 cm³/mol. The number of hydrogen-bond donors (Lipinski definition) is 3. The van der Waals surface area contributed by atoms with Crippen LogP contribution in [0.1, 0.15) is 49.5 Å². The molecule has 8 nitrogen and oxygen atoms in total. The summed E-state index contributed by atoms with van der Waals surface area (Å²) in [6, 6.07) is 21.6. The summed E-state index contributed by atoms with van der Waals surface area (Å²) >= 11 is 6.39. The van der Waals surface area contributed by atoms with Crippen LogP contribution in [0, 0.1) is 5.41 Å². The Bertz CT molecular complexity index is 1380. The first-order valence-electron chi connectivity index (χ1n) is 13.1. The Morgan fingerprint density at radius 2 is 1.80 bits per heavy atom. The minimum atomic E-state index is -1.12. The van der Waals surface area contributed by atoms with Crippen molar-refractivity contribution in [2.45, 2.75) is 45.3 Å². The Kier molecular flexibility index (Phi) is 9.25. The lowest BCUT2D eigenvalue weighted by Gasteiger charge is -2.32. The van der Waals surface area contributed by atoms with E-state index in [9.17, 15) is 19.5 Å². The third-order valence-corrected chi connectivity index (χ3v) is 6.97. The molecule has 1 heterocycles. The smallest absolute Gasteiger partial charge is 0.303 e. The van der Waals surface area contributed by atoms with Crippen LogP contribution in [-0.4, -0.2) is 47.3 Å². The van der Waals surface area contributed by atoms with E-state index in [1.807, 2.05) is 44.2 Å². The van der Waals surface area contributed by atoms with Crippen molar-refractivity contribution in [3.8, 4) is 0 Å². The van der Waals surface area contributed by atoms with Gasteiger partial charge < -0.3 is 25.2 Å². The van der Waals surface area contributed by atoms with Crippen LogP contribution < -0.4 is 10.2 Å². The Morgan fingerprint density at radius 3 is 2.50 bits per heavy atom. The number of aliphatic hydroxyl groups is 1. The van der Waals surface area contributed by atoms with Crippen molar-refractivity contribution in [1.29, 1.82) is 0 Å². The van der Waals surface area contributed by atoms with E-state index in [1.165, 1.54) is 0 Å². The van der Waals surface area contributed by atoms with Crippen LogP contribution in [0.3, 0.4) is 0 Å². The molecule has 0 spiro atoms. The number of carboxylic acids is 1. The van der Waals surface area contributed by atoms with E-state index in [-0.39, 0.29) is 26.0 Å². The minimum Gasteiger partial charge on any atom is -0.481 e. The summed E-state index contributed by atoms with van der Waals surface area (Å²) in [7, 11) is 0. The van der Waals surface area contributed by atoms with E-state index in [4.69, 9.17) is 21.4 Å². The van der Waals surface area contributed by atoms with Crippen LogP contribution >= 0.6 is 11.6 Å². The van der Waals surface area contributed by atoms with Crippen LogP contribution in [0.2, 0.25) is 5.02 Å². The van der Waals surface area contributed by atoms with Crippen LogP contribution in [0.15, 0.2) is 72.8 Å². The Balaban J connectivity index is 1.66. The normalized spacial score (nSPS) is 17.2. The predicted octanol–water partition coefficient (Wildman–Crippen LogP) is 5.23. The zero-order chi connectivity index (χ0) is 28.9. The Morgan fingerprint density at radius 1 is 1.05 bits per heavy atom. The molecule has 40 heavy (non-hydrogen) atoms. The summed E-state index contributed by atoms with van der Waals surface area (Å²) in [5, 5.41) is 22.3. The van der Waals surface area contributed by atoms with E-state index in [2.05, 4.69) is 5.32 Å². The number of anilines is 2.